The molecule has 7 heteroatoms. The largest absolute Gasteiger partial charge is 0.326 e. The molecule has 0 aromatic heterocycles. The van der Waals surface area contributed by atoms with Gasteiger partial charge in [-0.15, -0.1) is 11.8 Å². The molecule has 1 unspecified atom stereocenters. The summed E-state index contributed by atoms with van der Waals surface area (Å²) < 4.78 is 0. The van der Waals surface area contributed by atoms with Crippen molar-refractivity contribution in [2.45, 2.75) is 55.6 Å². The summed E-state index contributed by atoms with van der Waals surface area (Å²) in [6, 6.07) is 12.8. The molecule has 1 atom stereocenters. The van der Waals surface area contributed by atoms with E-state index in [1.165, 1.54) is 18.2 Å². The highest BCUT2D eigenvalue weighted by atomic mass is 35.5. The first-order valence-electron chi connectivity index (χ1n) is 10.3. The lowest BCUT2D eigenvalue weighted by molar-refractivity contribution is -0.120. The number of thioether (sulfide) groups is 1. The number of carbonyl (C=O) groups excluding carboxylic acids is 2. The van der Waals surface area contributed by atoms with E-state index in [9.17, 15) is 9.59 Å². The van der Waals surface area contributed by atoms with E-state index in [1.54, 1.807) is 18.2 Å². The molecule has 2 aromatic rings. The summed E-state index contributed by atoms with van der Waals surface area (Å²) in [5, 5.41) is 6.34. The third kappa shape index (κ3) is 6.16. The number of halogens is 2. The van der Waals surface area contributed by atoms with Crippen molar-refractivity contribution in [2.75, 3.05) is 10.6 Å². The average Bonchev–Trinajstić information content (AvgIpc) is 2.76. The second-order valence-corrected chi connectivity index (χ2v) is 9.52. The van der Waals surface area contributed by atoms with Gasteiger partial charge in [-0.2, -0.15) is 0 Å². The predicted octanol–water partition coefficient (Wildman–Crippen LogP) is 7.02. The normalized spacial score (nSPS) is 15.4. The minimum absolute atomic E-state index is 0.0947. The summed E-state index contributed by atoms with van der Waals surface area (Å²) in [5.41, 5.74) is 1.27. The van der Waals surface area contributed by atoms with Crippen molar-refractivity contribution < 1.29 is 9.59 Å². The SMILES string of the molecule is CCC(Sc1cccc(NC(=O)C2CCCCC2)c1)C(=O)Nc1cccc(Cl)c1Cl. The number of nitrogens with one attached hydrogen (secondary N) is 2. The lowest BCUT2D eigenvalue weighted by atomic mass is 9.88. The van der Waals surface area contributed by atoms with Crippen LogP contribution in [0.2, 0.25) is 10.0 Å². The highest BCUT2D eigenvalue weighted by Gasteiger charge is 2.22. The molecule has 0 radical (unpaired) electrons. The molecule has 4 nitrogen and oxygen atoms in total. The second-order valence-electron chi connectivity index (χ2n) is 7.46. The molecule has 1 aliphatic rings. The molecule has 0 saturated heterocycles. The van der Waals surface area contributed by atoms with Crippen LogP contribution in [0.25, 0.3) is 0 Å². The lowest BCUT2D eigenvalue weighted by Crippen LogP contribution is -2.25. The van der Waals surface area contributed by atoms with Crippen molar-refractivity contribution in [3.63, 3.8) is 0 Å². The number of anilines is 2. The molecule has 30 heavy (non-hydrogen) atoms. The van der Waals surface area contributed by atoms with Crippen LogP contribution in [0.1, 0.15) is 45.4 Å². The Kier molecular flexibility index (Phi) is 8.49. The quantitative estimate of drug-likeness (QED) is 0.432. The number of rotatable bonds is 7. The van der Waals surface area contributed by atoms with Gasteiger partial charge in [0.2, 0.25) is 11.8 Å². The Hall–Kier alpha value is -1.69. The number of carbonyl (C=O) groups is 2. The summed E-state index contributed by atoms with van der Waals surface area (Å²) in [7, 11) is 0. The van der Waals surface area contributed by atoms with Crippen molar-refractivity contribution in [1.29, 1.82) is 0 Å². The Bertz CT molecular complexity index is 901. The maximum Gasteiger partial charge on any atom is 0.237 e. The average molecular weight is 465 g/mol. The molecule has 3 rings (SSSR count). The van der Waals surface area contributed by atoms with Gasteiger partial charge in [-0.05, 0) is 49.6 Å². The molecule has 0 heterocycles. The molecule has 2 aromatic carbocycles. The van der Waals surface area contributed by atoms with Crippen molar-refractivity contribution >= 4 is 58.2 Å². The zero-order chi connectivity index (χ0) is 21.5. The monoisotopic (exact) mass is 464 g/mol. The Balaban J connectivity index is 1.63. The van der Waals surface area contributed by atoms with Crippen LogP contribution in [-0.2, 0) is 9.59 Å². The number of hydrogen-bond donors (Lipinski definition) is 2. The van der Waals surface area contributed by atoms with E-state index in [2.05, 4.69) is 10.6 Å². The van der Waals surface area contributed by atoms with Gasteiger partial charge in [-0.25, -0.2) is 0 Å². The minimum atomic E-state index is -0.302. The molecule has 1 aliphatic carbocycles. The minimum Gasteiger partial charge on any atom is -0.326 e. The zero-order valence-corrected chi connectivity index (χ0v) is 19.2. The summed E-state index contributed by atoms with van der Waals surface area (Å²) in [5.74, 6) is 0.0622. The van der Waals surface area contributed by atoms with E-state index in [1.807, 2.05) is 31.2 Å². The van der Waals surface area contributed by atoms with Gasteiger partial charge in [-0.3, -0.25) is 9.59 Å². The van der Waals surface area contributed by atoms with Crippen molar-refractivity contribution in [3.8, 4) is 0 Å². The van der Waals surface area contributed by atoms with E-state index < -0.39 is 0 Å². The molecule has 0 aliphatic heterocycles. The Morgan fingerprint density at radius 3 is 2.53 bits per heavy atom. The number of amides is 2. The van der Waals surface area contributed by atoms with E-state index in [4.69, 9.17) is 23.2 Å². The molecule has 0 spiro atoms. The van der Waals surface area contributed by atoms with Crippen molar-refractivity contribution in [1.82, 2.24) is 0 Å². The first-order valence-corrected chi connectivity index (χ1v) is 11.9. The fraction of sp³-hybridized carbons (Fsp3) is 0.391. The zero-order valence-electron chi connectivity index (χ0n) is 16.9. The van der Waals surface area contributed by atoms with Crippen LogP contribution < -0.4 is 10.6 Å². The highest BCUT2D eigenvalue weighted by Crippen LogP contribution is 2.32. The van der Waals surface area contributed by atoms with Crippen LogP contribution in [0, 0.1) is 5.92 Å². The third-order valence-corrected chi connectivity index (χ3v) is 7.41. The molecule has 2 N–H and O–H groups in total. The number of benzene rings is 2. The van der Waals surface area contributed by atoms with Gasteiger partial charge in [-0.1, -0.05) is 61.5 Å². The van der Waals surface area contributed by atoms with Gasteiger partial charge in [0.25, 0.3) is 0 Å². The third-order valence-electron chi connectivity index (χ3n) is 5.23. The van der Waals surface area contributed by atoms with Gasteiger partial charge < -0.3 is 10.6 Å². The van der Waals surface area contributed by atoms with Crippen LogP contribution in [0.3, 0.4) is 0 Å². The second kappa shape index (κ2) is 11.1. The highest BCUT2D eigenvalue weighted by molar-refractivity contribution is 8.00. The summed E-state index contributed by atoms with van der Waals surface area (Å²) >= 11 is 13.7. The molecule has 2 amide bonds. The lowest BCUT2D eigenvalue weighted by Gasteiger charge is -2.21. The summed E-state index contributed by atoms with van der Waals surface area (Å²) in [6.07, 6.45) is 6.04. The first-order chi connectivity index (χ1) is 14.5. The Morgan fingerprint density at radius 1 is 1.07 bits per heavy atom. The Morgan fingerprint density at radius 2 is 1.80 bits per heavy atom. The van der Waals surface area contributed by atoms with E-state index in [0.29, 0.717) is 22.2 Å². The maximum absolute atomic E-state index is 12.8. The van der Waals surface area contributed by atoms with Crippen LogP contribution in [0.4, 0.5) is 11.4 Å². The standard InChI is InChI=1S/C23H26Cl2N2O2S/c1-2-20(23(29)27-19-13-7-12-18(24)21(19)25)30-17-11-6-10-16(14-17)26-22(28)15-8-4-3-5-9-15/h6-7,10-15,20H,2-5,8-9H2,1H3,(H,26,28)(H,27,29). The van der Waals surface area contributed by atoms with Crippen LogP contribution in [-0.4, -0.2) is 17.1 Å². The maximum atomic E-state index is 12.8. The molecule has 160 valence electrons. The van der Waals surface area contributed by atoms with Crippen LogP contribution >= 0.6 is 35.0 Å². The van der Waals surface area contributed by atoms with E-state index in [0.717, 1.165) is 36.3 Å². The van der Waals surface area contributed by atoms with Gasteiger partial charge in [0.15, 0.2) is 0 Å². The van der Waals surface area contributed by atoms with Crippen molar-refractivity contribution in [3.05, 3.63) is 52.5 Å². The fourth-order valence-electron chi connectivity index (χ4n) is 3.56. The molecule has 0 bridgehead atoms. The molecular weight excluding hydrogens is 439 g/mol. The van der Waals surface area contributed by atoms with Crippen molar-refractivity contribution in [2.24, 2.45) is 5.92 Å². The van der Waals surface area contributed by atoms with Gasteiger partial charge in [0.1, 0.15) is 0 Å². The van der Waals surface area contributed by atoms with Gasteiger partial charge in [0.05, 0.1) is 21.0 Å². The van der Waals surface area contributed by atoms with E-state index in [-0.39, 0.29) is 23.0 Å². The van der Waals surface area contributed by atoms with Crippen LogP contribution in [0.15, 0.2) is 47.4 Å². The predicted molar refractivity (Wildman–Crippen MR) is 127 cm³/mol. The van der Waals surface area contributed by atoms with Gasteiger partial charge in [0, 0.05) is 16.5 Å². The topological polar surface area (TPSA) is 58.2 Å². The van der Waals surface area contributed by atoms with Gasteiger partial charge >= 0.3 is 0 Å². The molecule has 1 fully saturated rings. The molecule has 1 saturated carbocycles. The van der Waals surface area contributed by atoms with Crippen LogP contribution in [0.5, 0.6) is 0 Å². The smallest absolute Gasteiger partial charge is 0.237 e. The first kappa shape index (κ1) is 23.0. The fourth-order valence-corrected chi connectivity index (χ4v) is 4.92. The number of hydrogen-bond acceptors (Lipinski definition) is 3. The Labute approximate surface area is 192 Å². The molecular formula is C23H26Cl2N2O2S. The summed E-state index contributed by atoms with van der Waals surface area (Å²) in [6.45, 7) is 1.96. The summed E-state index contributed by atoms with van der Waals surface area (Å²) in [4.78, 5) is 26.2. The van der Waals surface area contributed by atoms with E-state index >= 15 is 0 Å².